The second-order valence-electron chi connectivity index (χ2n) is 8.15. The number of benzene rings is 3. The number of halogens is 3. The molecule has 0 aromatic heterocycles. The van der Waals surface area contributed by atoms with Crippen LogP contribution in [0.1, 0.15) is 15.9 Å². The molecule has 172 valence electrons. The van der Waals surface area contributed by atoms with Gasteiger partial charge in [0, 0.05) is 6.54 Å². The van der Waals surface area contributed by atoms with E-state index in [2.05, 4.69) is 10.6 Å². The van der Waals surface area contributed by atoms with Crippen molar-refractivity contribution in [3.63, 3.8) is 0 Å². The standard InChI is InChI=1S/C24H22F3N3O3/c1-14-6-9-18(17(26)10-14)29-22-15(7-8-16(25)21(22)27)23(32)30-12-24(33,13-30)11-28-19-4-2-3-5-20(19)31/h2-10,28-29,31,33H,11-13H2,1H3. The van der Waals surface area contributed by atoms with Crippen LogP contribution >= 0.6 is 0 Å². The van der Waals surface area contributed by atoms with Crippen LogP contribution in [0.25, 0.3) is 0 Å². The highest BCUT2D eigenvalue weighted by Gasteiger charge is 2.44. The molecular formula is C24H22F3N3O3. The molecule has 0 aliphatic carbocycles. The number of aromatic hydroxyl groups is 1. The minimum absolute atomic E-state index is 0.0224. The first kappa shape index (κ1) is 22.5. The zero-order chi connectivity index (χ0) is 23.8. The Morgan fingerprint density at radius 3 is 2.45 bits per heavy atom. The molecule has 1 amide bonds. The third kappa shape index (κ3) is 4.58. The molecule has 3 aromatic rings. The number of phenols is 1. The van der Waals surface area contributed by atoms with Gasteiger partial charge in [0.1, 0.15) is 17.2 Å². The van der Waals surface area contributed by atoms with Gasteiger partial charge in [0.15, 0.2) is 11.6 Å². The fourth-order valence-corrected chi connectivity index (χ4v) is 3.68. The van der Waals surface area contributed by atoms with E-state index in [1.54, 1.807) is 31.2 Å². The Morgan fingerprint density at radius 2 is 1.76 bits per heavy atom. The minimum Gasteiger partial charge on any atom is -0.506 e. The predicted octanol–water partition coefficient (Wildman–Crippen LogP) is 4.16. The molecule has 1 aliphatic heterocycles. The summed E-state index contributed by atoms with van der Waals surface area (Å²) in [7, 11) is 0. The maximum atomic E-state index is 14.6. The van der Waals surface area contributed by atoms with Crippen LogP contribution in [0.3, 0.4) is 0 Å². The molecule has 9 heteroatoms. The largest absolute Gasteiger partial charge is 0.506 e. The molecule has 3 aromatic carbocycles. The van der Waals surface area contributed by atoms with Crippen molar-refractivity contribution in [2.75, 3.05) is 30.3 Å². The van der Waals surface area contributed by atoms with E-state index in [-0.39, 0.29) is 36.6 Å². The molecule has 0 radical (unpaired) electrons. The molecule has 0 spiro atoms. The first-order valence-corrected chi connectivity index (χ1v) is 10.2. The van der Waals surface area contributed by atoms with Crippen LogP contribution in [0.15, 0.2) is 54.6 Å². The quantitative estimate of drug-likeness (QED) is 0.418. The third-order valence-corrected chi connectivity index (χ3v) is 5.48. The van der Waals surface area contributed by atoms with Gasteiger partial charge in [-0.25, -0.2) is 13.2 Å². The minimum atomic E-state index is -1.31. The normalized spacial score (nSPS) is 14.5. The van der Waals surface area contributed by atoms with Gasteiger partial charge in [0.2, 0.25) is 0 Å². The predicted molar refractivity (Wildman–Crippen MR) is 118 cm³/mol. The lowest BCUT2D eigenvalue weighted by molar-refractivity contribution is -0.0706. The van der Waals surface area contributed by atoms with Crippen LogP contribution in [0.4, 0.5) is 30.2 Å². The zero-order valence-corrected chi connectivity index (χ0v) is 17.7. The monoisotopic (exact) mass is 457 g/mol. The first-order valence-electron chi connectivity index (χ1n) is 10.2. The lowest BCUT2D eigenvalue weighted by Crippen LogP contribution is -2.66. The number of amides is 1. The number of aliphatic hydroxyl groups is 1. The summed E-state index contributed by atoms with van der Waals surface area (Å²) in [6.45, 7) is 1.61. The van der Waals surface area contributed by atoms with Gasteiger partial charge in [-0.05, 0) is 48.9 Å². The molecule has 0 saturated carbocycles. The second kappa shape index (κ2) is 8.67. The number of nitrogens with one attached hydrogen (secondary N) is 2. The number of anilines is 3. The summed E-state index contributed by atoms with van der Waals surface area (Å²) in [4.78, 5) is 14.3. The average molecular weight is 457 g/mol. The molecule has 4 rings (SSSR count). The number of phenolic OH excluding ortho intramolecular Hbond substituents is 1. The van der Waals surface area contributed by atoms with Gasteiger partial charge in [-0.2, -0.15) is 0 Å². The van der Waals surface area contributed by atoms with Gasteiger partial charge in [-0.3, -0.25) is 4.79 Å². The Hall–Kier alpha value is -3.72. The van der Waals surface area contributed by atoms with Crippen LogP contribution in [-0.2, 0) is 0 Å². The van der Waals surface area contributed by atoms with Crippen LogP contribution in [0.5, 0.6) is 5.75 Å². The van der Waals surface area contributed by atoms with Crippen LogP contribution in [0, 0.1) is 24.4 Å². The number of hydrogen-bond donors (Lipinski definition) is 4. The number of carbonyl (C=O) groups excluding carboxylic acids is 1. The maximum absolute atomic E-state index is 14.6. The fourth-order valence-electron chi connectivity index (χ4n) is 3.68. The highest BCUT2D eigenvalue weighted by atomic mass is 19.2. The summed E-state index contributed by atoms with van der Waals surface area (Å²) in [5, 5.41) is 25.9. The van der Waals surface area contributed by atoms with Crippen molar-refractivity contribution in [2.24, 2.45) is 0 Å². The average Bonchev–Trinajstić information content (AvgIpc) is 2.76. The fraction of sp³-hybridized carbons (Fsp3) is 0.208. The number of β-amino-alcohol motifs (C(OH)–C–C–N with tert-alkyl or cyclic N) is 1. The van der Waals surface area contributed by atoms with Gasteiger partial charge in [0.25, 0.3) is 5.91 Å². The molecular weight excluding hydrogens is 435 g/mol. The summed E-state index contributed by atoms with van der Waals surface area (Å²) in [5.74, 6) is -3.79. The number of likely N-dealkylation sites (tertiary alicyclic amines) is 1. The lowest BCUT2D eigenvalue weighted by Gasteiger charge is -2.46. The van der Waals surface area contributed by atoms with Crippen molar-refractivity contribution in [3.8, 4) is 5.75 Å². The van der Waals surface area contributed by atoms with E-state index in [4.69, 9.17) is 0 Å². The van der Waals surface area contributed by atoms with Gasteiger partial charge in [-0.1, -0.05) is 18.2 Å². The van der Waals surface area contributed by atoms with Crippen LogP contribution < -0.4 is 10.6 Å². The molecule has 1 saturated heterocycles. The number of nitrogens with zero attached hydrogens (tertiary/aromatic N) is 1. The summed E-state index contributed by atoms with van der Waals surface area (Å²) >= 11 is 0. The molecule has 1 heterocycles. The Balaban J connectivity index is 1.50. The Kier molecular flexibility index (Phi) is 5.90. The molecule has 0 bridgehead atoms. The first-order chi connectivity index (χ1) is 15.7. The molecule has 1 fully saturated rings. The van der Waals surface area contributed by atoms with E-state index in [1.165, 1.54) is 23.1 Å². The number of rotatable bonds is 6. The van der Waals surface area contributed by atoms with Crippen molar-refractivity contribution in [3.05, 3.63) is 83.2 Å². The van der Waals surface area contributed by atoms with Crippen molar-refractivity contribution in [1.82, 2.24) is 4.90 Å². The number of carbonyl (C=O) groups is 1. The van der Waals surface area contributed by atoms with Gasteiger partial charge < -0.3 is 25.7 Å². The molecule has 6 nitrogen and oxygen atoms in total. The third-order valence-electron chi connectivity index (χ3n) is 5.48. The van der Waals surface area contributed by atoms with E-state index in [0.717, 1.165) is 12.1 Å². The molecule has 4 N–H and O–H groups in total. The lowest BCUT2D eigenvalue weighted by atomic mass is 9.92. The maximum Gasteiger partial charge on any atom is 0.256 e. The zero-order valence-electron chi connectivity index (χ0n) is 17.7. The van der Waals surface area contributed by atoms with Gasteiger partial charge in [-0.15, -0.1) is 0 Å². The van der Waals surface area contributed by atoms with E-state index < -0.39 is 34.6 Å². The van der Waals surface area contributed by atoms with E-state index >= 15 is 0 Å². The van der Waals surface area contributed by atoms with Crippen molar-refractivity contribution in [1.29, 1.82) is 0 Å². The summed E-state index contributed by atoms with van der Waals surface area (Å²) in [6.07, 6.45) is 0. The van der Waals surface area contributed by atoms with E-state index in [9.17, 15) is 28.2 Å². The topological polar surface area (TPSA) is 84.8 Å². The van der Waals surface area contributed by atoms with Crippen molar-refractivity contribution in [2.45, 2.75) is 12.5 Å². The Labute approximate surface area is 188 Å². The summed E-state index contributed by atoms with van der Waals surface area (Å²) in [6, 6.07) is 12.7. The Bertz CT molecular complexity index is 1210. The van der Waals surface area contributed by atoms with Gasteiger partial charge in [0.05, 0.1) is 35.7 Å². The highest BCUT2D eigenvalue weighted by molar-refractivity contribution is 6.01. The van der Waals surface area contributed by atoms with Crippen molar-refractivity contribution < 1.29 is 28.2 Å². The SMILES string of the molecule is Cc1ccc(Nc2c(C(=O)N3CC(O)(CNc4ccccc4O)C3)ccc(F)c2F)c(F)c1. The second-order valence-corrected chi connectivity index (χ2v) is 8.15. The summed E-state index contributed by atoms with van der Waals surface area (Å²) in [5.41, 5.74) is -0.969. The number of para-hydroxylation sites is 2. The van der Waals surface area contributed by atoms with E-state index in [0.29, 0.717) is 11.3 Å². The molecule has 1 aliphatic rings. The molecule has 0 unspecified atom stereocenters. The van der Waals surface area contributed by atoms with Crippen LogP contribution in [-0.4, -0.2) is 46.3 Å². The smallest absolute Gasteiger partial charge is 0.256 e. The van der Waals surface area contributed by atoms with Crippen molar-refractivity contribution >= 4 is 23.0 Å². The summed E-state index contributed by atoms with van der Waals surface area (Å²) < 4.78 is 42.8. The van der Waals surface area contributed by atoms with E-state index in [1.807, 2.05) is 0 Å². The van der Waals surface area contributed by atoms with Crippen LogP contribution in [0.2, 0.25) is 0 Å². The number of hydrogen-bond acceptors (Lipinski definition) is 5. The number of aryl methyl sites for hydroxylation is 1. The Morgan fingerprint density at radius 1 is 1.03 bits per heavy atom. The molecule has 33 heavy (non-hydrogen) atoms. The highest BCUT2D eigenvalue weighted by Crippen LogP contribution is 2.32. The van der Waals surface area contributed by atoms with Gasteiger partial charge >= 0.3 is 0 Å². The molecule has 0 atom stereocenters.